The number of anilines is 1. The average molecular weight is 255 g/mol. The predicted molar refractivity (Wildman–Crippen MR) is 71.1 cm³/mol. The zero-order valence-electron chi connectivity index (χ0n) is 10.3. The number of para-hydroxylation sites is 1. The Morgan fingerprint density at radius 3 is 2.95 bits per heavy atom. The van der Waals surface area contributed by atoms with Crippen molar-refractivity contribution in [2.45, 2.75) is 12.8 Å². The first-order valence-electron chi connectivity index (χ1n) is 5.90. The van der Waals surface area contributed by atoms with Gasteiger partial charge < -0.3 is 11.1 Å². The molecule has 1 aromatic heterocycles. The molecule has 6 nitrogen and oxygen atoms in total. The molecule has 0 saturated heterocycles. The van der Waals surface area contributed by atoms with E-state index in [-0.39, 0.29) is 17.5 Å². The summed E-state index contributed by atoms with van der Waals surface area (Å²) in [6.07, 6.45) is 1.02. The number of carbonyl (C=O) groups is 1. The maximum Gasteiger partial charge on any atom is 0.270 e. The number of carbonyl (C=O) groups excluding carboxylic acids is 1. The third-order valence-corrected chi connectivity index (χ3v) is 2.59. The lowest BCUT2D eigenvalue weighted by Crippen LogP contribution is -2.26. The van der Waals surface area contributed by atoms with Crippen LogP contribution in [0.4, 0.5) is 5.95 Å². The molecule has 1 aromatic carbocycles. The van der Waals surface area contributed by atoms with Gasteiger partial charge in [-0.2, -0.15) is 5.26 Å². The fourth-order valence-corrected chi connectivity index (χ4v) is 1.72. The lowest BCUT2D eigenvalue weighted by atomic mass is 10.2. The maximum atomic E-state index is 12.0. The Morgan fingerprint density at radius 1 is 1.37 bits per heavy atom. The number of aromatic nitrogens is 2. The van der Waals surface area contributed by atoms with Gasteiger partial charge in [-0.1, -0.05) is 18.2 Å². The highest BCUT2D eigenvalue weighted by Crippen LogP contribution is 2.16. The molecule has 0 fully saturated rings. The minimum atomic E-state index is -0.303. The van der Waals surface area contributed by atoms with Crippen LogP contribution in [0.2, 0.25) is 0 Å². The van der Waals surface area contributed by atoms with Gasteiger partial charge in [-0.05, 0) is 12.5 Å². The van der Waals surface area contributed by atoms with Crippen molar-refractivity contribution in [3.05, 3.63) is 30.0 Å². The summed E-state index contributed by atoms with van der Waals surface area (Å²) in [4.78, 5) is 20.1. The number of nitrogens with one attached hydrogen (secondary N) is 1. The van der Waals surface area contributed by atoms with Gasteiger partial charge in [-0.15, -0.1) is 0 Å². The molecule has 0 aliphatic rings. The molecule has 2 aromatic rings. The first kappa shape index (κ1) is 12.8. The summed E-state index contributed by atoms with van der Waals surface area (Å²) in [5.74, 6) is -0.232. The smallest absolute Gasteiger partial charge is 0.270 e. The number of nitriles is 1. The molecule has 6 heteroatoms. The van der Waals surface area contributed by atoms with E-state index in [9.17, 15) is 4.79 Å². The predicted octanol–water partition coefficient (Wildman–Crippen LogP) is 1.25. The molecule has 0 atom stereocenters. The zero-order chi connectivity index (χ0) is 13.7. The standard InChI is InChI=1S/C13H13N5O/c14-7-3-4-8-16-12(19)11-9-5-1-2-6-10(9)17-13(15)18-11/h1-2,5-6H,3-4,8H2,(H,16,19)(H2,15,17,18). The number of hydrogen-bond donors (Lipinski definition) is 2. The van der Waals surface area contributed by atoms with Gasteiger partial charge in [0.05, 0.1) is 11.6 Å². The van der Waals surface area contributed by atoms with Crippen LogP contribution in [0.25, 0.3) is 10.9 Å². The van der Waals surface area contributed by atoms with E-state index in [1.54, 1.807) is 12.1 Å². The number of nitrogens with two attached hydrogens (primary N) is 1. The number of hydrogen-bond acceptors (Lipinski definition) is 5. The molecule has 0 aliphatic carbocycles. The Bertz CT molecular complexity index is 647. The molecular formula is C13H13N5O. The second-order valence-electron chi connectivity index (χ2n) is 3.97. The van der Waals surface area contributed by atoms with Gasteiger partial charge in [0.2, 0.25) is 5.95 Å². The van der Waals surface area contributed by atoms with E-state index >= 15 is 0 Å². The van der Waals surface area contributed by atoms with Gasteiger partial charge in [0, 0.05) is 18.4 Å². The monoisotopic (exact) mass is 255 g/mol. The molecule has 0 aliphatic heterocycles. The number of rotatable bonds is 4. The SMILES string of the molecule is N#CCCCNC(=O)c1nc(N)nc2ccccc12. The quantitative estimate of drug-likeness (QED) is 0.800. The molecule has 0 radical (unpaired) electrons. The third kappa shape index (κ3) is 2.96. The lowest BCUT2D eigenvalue weighted by molar-refractivity contribution is 0.0950. The number of fused-ring (bicyclic) bond motifs is 1. The Kier molecular flexibility index (Phi) is 3.88. The fraction of sp³-hybridized carbons (Fsp3) is 0.231. The van der Waals surface area contributed by atoms with Crippen LogP contribution < -0.4 is 11.1 Å². The number of nitrogen functional groups attached to an aromatic ring is 1. The van der Waals surface area contributed by atoms with Crippen LogP contribution in [0.5, 0.6) is 0 Å². The highest BCUT2D eigenvalue weighted by Gasteiger charge is 2.13. The summed E-state index contributed by atoms with van der Waals surface area (Å²) in [7, 11) is 0. The molecular weight excluding hydrogens is 242 g/mol. The molecule has 1 heterocycles. The van der Waals surface area contributed by atoms with Gasteiger partial charge in [0.25, 0.3) is 5.91 Å². The second-order valence-corrected chi connectivity index (χ2v) is 3.97. The molecule has 0 unspecified atom stereocenters. The summed E-state index contributed by atoms with van der Waals surface area (Å²) in [6, 6.07) is 9.21. The van der Waals surface area contributed by atoms with Crippen molar-refractivity contribution in [1.82, 2.24) is 15.3 Å². The van der Waals surface area contributed by atoms with Crippen molar-refractivity contribution in [2.75, 3.05) is 12.3 Å². The van der Waals surface area contributed by atoms with Crippen molar-refractivity contribution in [3.63, 3.8) is 0 Å². The summed E-state index contributed by atoms with van der Waals surface area (Å²) in [5, 5.41) is 11.8. The molecule has 2 rings (SSSR count). The van der Waals surface area contributed by atoms with Crippen molar-refractivity contribution in [2.24, 2.45) is 0 Å². The average Bonchev–Trinajstić information content (AvgIpc) is 2.42. The molecule has 1 amide bonds. The number of nitrogens with zero attached hydrogens (tertiary/aromatic N) is 3. The molecule has 0 saturated carbocycles. The van der Waals surface area contributed by atoms with Crippen LogP contribution >= 0.6 is 0 Å². The fourth-order valence-electron chi connectivity index (χ4n) is 1.72. The third-order valence-electron chi connectivity index (χ3n) is 2.59. The highest BCUT2D eigenvalue weighted by molar-refractivity contribution is 6.04. The first-order chi connectivity index (χ1) is 9.22. The van der Waals surface area contributed by atoms with E-state index in [0.717, 1.165) is 0 Å². The van der Waals surface area contributed by atoms with Crippen LogP contribution in [0, 0.1) is 11.3 Å². The van der Waals surface area contributed by atoms with Crippen molar-refractivity contribution in [3.8, 4) is 6.07 Å². The normalized spacial score (nSPS) is 10.1. The Labute approximate surface area is 110 Å². The maximum absolute atomic E-state index is 12.0. The van der Waals surface area contributed by atoms with Crippen LogP contribution in [-0.4, -0.2) is 22.4 Å². The highest BCUT2D eigenvalue weighted by atomic mass is 16.1. The van der Waals surface area contributed by atoms with Crippen molar-refractivity contribution < 1.29 is 4.79 Å². The van der Waals surface area contributed by atoms with Gasteiger partial charge in [0.1, 0.15) is 5.69 Å². The second kappa shape index (κ2) is 5.78. The Morgan fingerprint density at radius 2 is 2.16 bits per heavy atom. The molecule has 19 heavy (non-hydrogen) atoms. The van der Waals surface area contributed by atoms with Gasteiger partial charge in [-0.3, -0.25) is 4.79 Å². The van der Waals surface area contributed by atoms with Crippen LogP contribution in [-0.2, 0) is 0 Å². The summed E-state index contributed by atoms with van der Waals surface area (Å²) >= 11 is 0. The molecule has 96 valence electrons. The van der Waals surface area contributed by atoms with Crippen LogP contribution in [0.3, 0.4) is 0 Å². The van der Waals surface area contributed by atoms with E-state index in [1.165, 1.54) is 0 Å². The van der Waals surface area contributed by atoms with E-state index < -0.39 is 0 Å². The van der Waals surface area contributed by atoms with Crippen molar-refractivity contribution in [1.29, 1.82) is 5.26 Å². The van der Waals surface area contributed by atoms with Crippen LogP contribution in [0.15, 0.2) is 24.3 Å². The van der Waals surface area contributed by atoms with E-state index in [4.69, 9.17) is 11.0 Å². The van der Waals surface area contributed by atoms with E-state index in [2.05, 4.69) is 15.3 Å². The summed E-state index contributed by atoms with van der Waals surface area (Å²) < 4.78 is 0. The Hall–Kier alpha value is -2.68. The summed E-state index contributed by atoms with van der Waals surface area (Å²) in [5.41, 5.74) is 6.49. The minimum Gasteiger partial charge on any atom is -0.368 e. The number of amides is 1. The van der Waals surface area contributed by atoms with Crippen molar-refractivity contribution >= 4 is 22.8 Å². The van der Waals surface area contributed by atoms with Gasteiger partial charge in [0.15, 0.2) is 0 Å². The lowest BCUT2D eigenvalue weighted by Gasteiger charge is -2.07. The topological polar surface area (TPSA) is 105 Å². The first-order valence-corrected chi connectivity index (χ1v) is 5.90. The largest absolute Gasteiger partial charge is 0.368 e. The van der Waals surface area contributed by atoms with Gasteiger partial charge >= 0.3 is 0 Å². The zero-order valence-corrected chi connectivity index (χ0v) is 10.3. The molecule has 0 spiro atoms. The summed E-state index contributed by atoms with van der Waals surface area (Å²) in [6.45, 7) is 0.435. The van der Waals surface area contributed by atoms with Gasteiger partial charge in [-0.25, -0.2) is 9.97 Å². The number of unbranched alkanes of at least 4 members (excludes halogenated alkanes) is 1. The van der Waals surface area contributed by atoms with E-state index in [1.807, 2.05) is 18.2 Å². The molecule has 3 N–H and O–H groups in total. The van der Waals surface area contributed by atoms with E-state index in [0.29, 0.717) is 30.3 Å². The minimum absolute atomic E-state index is 0.0703. The number of benzene rings is 1. The molecule has 0 bridgehead atoms. The van der Waals surface area contributed by atoms with Crippen LogP contribution in [0.1, 0.15) is 23.3 Å². The Balaban J connectivity index is 2.24.